The first-order valence-electron chi connectivity index (χ1n) is 9.13. The number of halogens is 1. The number of aryl methyl sites for hydroxylation is 1. The van der Waals surface area contributed by atoms with Crippen molar-refractivity contribution in [2.45, 2.75) is 26.6 Å². The van der Waals surface area contributed by atoms with E-state index in [0.717, 1.165) is 39.5 Å². The van der Waals surface area contributed by atoms with Gasteiger partial charge in [-0.1, -0.05) is 25.3 Å². The second-order valence-electron chi connectivity index (χ2n) is 6.86. The molecule has 1 aliphatic heterocycles. The topological polar surface area (TPSA) is 38.2 Å². The van der Waals surface area contributed by atoms with Gasteiger partial charge in [-0.05, 0) is 55.3 Å². The summed E-state index contributed by atoms with van der Waals surface area (Å²) >= 11 is 0. The lowest BCUT2D eigenvalue weighted by atomic mass is 10.1. The molecule has 146 valence electrons. The normalized spacial score (nSPS) is 15.7. The van der Waals surface area contributed by atoms with Crippen molar-refractivity contribution in [1.82, 2.24) is 15.2 Å². The summed E-state index contributed by atoms with van der Waals surface area (Å²) in [5.74, 6) is -0.224. The predicted octanol–water partition coefficient (Wildman–Crippen LogP) is 4.38. The van der Waals surface area contributed by atoms with E-state index in [9.17, 15) is 4.39 Å². The van der Waals surface area contributed by atoms with Crippen molar-refractivity contribution in [1.29, 1.82) is 0 Å². The fourth-order valence-electron chi connectivity index (χ4n) is 3.25. The predicted molar refractivity (Wildman–Crippen MR) is 112 cm³/mol. The van der Waals surface area contributed by atoms with Crippen LogP contribution in [0.25, 0.3) is 5.57 Å². The Morgan fingerprint density at radius 1 is 1.25 bits per heavy atom. The highest BCUT2D eigenvalue weighted by Crippen LogP contribution is 2.27. The Kier molecular flexibility index (Phi) is 5.85. The zero-order valence-corrected chi connectivity index (χ0v) is 16.6. The maximum absolute atomic E-state index is 13.2. The highest BCUT2D eigenvalue weighted by atomic mass is 19.1. The quantitative estimate of drug-likeness (QED) is 0.701. The van der Waals surface area contributed by atoms with E-state index in [2.05, 4.69) is 48.3 Å². The van der Waals surface area contributed by atoms with E-state index in [1.165, 1.54) is 12.1 Å². The van der Waals surface area contributed by atoms with Crippen LogP contribution >= 0.6 is 0 Å². The lowest BCUT2D eigenvalue weighted by Crippen LogP contribution is -2.29. The maximum atomic E-state index is 13.2. The molecule has 0 amide bonds. The molecule has 4 nitrogen and oxygen atoms in total. The number of ether oxygens (including phenoxy) is 1. The Morgan fingerprint density at radius 3 is 2.64 bits per heavy atom. The summed E-state index contributed by atoms with van der Waals surface area (Å²) in [5, 5.41) is 6.38. The van der Waals surface area contributed by atoms with Gasteiger partial charge in [0.25, 0.3) is 0 Å². The molecule has 2 aromatic rings. The molecule has 1 aromatic heterocycles. The number of dihydropyridines is 1. The summed E-state index contributed by atoms with van der Waals surface area (Å²) in [4.78, 5) is 0. The molecule has 0 fully saturated rings. The van der Waals surface area contributed by atoms with E-state index >= 15 is 0 Å². The molecule has 0 saturated carbocycles. The minimum Gasteiger partial charge on any atom is -0.363 e. The molecule has 0 saturated heterocycles. The van der Waals surface area contributed by atoms with E-state index in [0.29, 0.717) is 6.54 Å². The molecule has 0 aliphatic carbocycles. The molecule has 2 heterocycles. The molecule has 1 aliphatic rings. The molecular weight excluding hydrogens is 353 g/mol. The summed E-state index contributed by atoms with van der Waals surface area (Å²) in [5.41, 5.74) is 6.77. The van der Waals surface area contributed by atoms with Crippen molar-refractivity contribution >= 4 is 5.57 Å². The second-order valence-corrected chi connectivity index (χ2v) is 6.86. The average molecular weight is 379 g/mol. The highest BCUT2D eigenvalue weighted by molar-refractivity contribution is 5.78. The molecule has 28 heavy (non-hydrogen) atoms. The van der Waals surface area contributed by atoms with Crippen LogP contribution in [-0.4, -0.2) is 17.9 Å². The average Bonchev–Trinajstić information content (AvgIpc) is 2.97. The van der Waals surface area contributed by atoms with Gasteiger partial charge < -0.3 is 19.9 Å². The smallest absolute Gasteiger partial charge is 0.148 e. The molecule has 3 rings (SSSR count). The number of allylic oxidation sites excluding steroid dienone is 2. The molecule has 0 radical (unpaired) electrons. The number of nitrogens with one attached hydrogen (secondary N) is 2. The van der Waals surface area contributed by atoms with Gasteiger partial charge >= 0.3 is 0 Å². The first kappa shape index (κ1) is 19.7. The van der Waals surface area contributed by atoms with Crippen LogP contribution in [0.15, 0.2) is 73.2 Å². The third-order valence-electron chi connectivity index (χ3n) is 4.92. The van der Waals surface area contributed by atoms with E-state index in [1.54, 1.807) is 7.11 Å². The summed E-state index contributed by atoms with van der Waals surface area (Å²) in [6.45, 7) is 13.2. The number of nitrogens with zero attached hydrogens (tertiary/aromatic N) is 1. The summed E-state index contributed by atoms with van der Waals surface area (Å²) < 4.78 is 20.7. The van der Waals surface area contributed by atoms with Gasteiger partial charge in [0.15, 0.2) is 0 Å². The molecule has 2 N–H and O–H groups in total. The van der Waals surface area contributed by atoms with Crippen LogP contribution in [0, 0.1) is 19.7 Å². The van der Waals surface area contributed by atoms with E-state index < -0.39 is 0 Å². The van der Waals surface area contributed by atoms with Crippen molar-refractivity contribution < 1.29 is 9.13 Å². The molecule has 1 unspecified atom stereocenters. The highest BCUT2D eigenvalue weighted by Gasteiger charge is 2.15. The number of aromatic nitrogens is 1. The van der Waals surface area contributed by atoms with Crippen LogP contribution in [0.3, 0.4) is 0 Å². The minimum atomic E-state index is -0.224. The molecule has 0 spiro atoms. The van der Waals surface area contributed by atoms with Gasteiger partial charge in [0.2, 0.25) is 0 Å². The lowest BCUT2D eigenvalue weighted by molar-refractivity contribution is 0.123. The number of benzene rings is 1. The van der Waals surface area contributed by atoms with Crippen LogP contribution in [-0.2, 0) is 11.3 Å². The Balaban J connectivity index is 1.77. The van der Waals surface area contributed by atoms with Crippen LogP contribution in [0.4, 0.5) is 4.39 Å². The zero-order valence-electron chi connectivity index (χ0n) is 16.6. The zero-order chi connectivity index (χ0) is 20.3. The number of methoxy groups -OCH3 is 1. The first-order valence-corrected chi connectivity index (χ1v) is 9.13. The van der Waals surface area contributed by atoms with E-state index in [1.807, 2.05) is 30.5 Å². The van der Waals surface area contributed by atoms with Gasteiger partial charge in [-0.3, -0.25) is 0 Å². The van der Waals surface area contributed by atoms with Crippen molar-refractivity contribution in [2.24, 2.45) is 0 Å². The number of hydrogen-bond donors (Lipinski definition) is 2. The van der Waals surface area contributed by atoms with Crippen LogP contribution in [0.5, 0.6) is 0 Å². The van der Waals surface area contributed by atoms with E-state index in [4.69, 9.17) is 4.74 Å². The number of rotatable bonds is 7. The summed E-state index contributed by atoms with van der Waals surface area (Å²) in [6, 6.07) is 8.71. The molecule has 1 aromatic carbocycles. The minimum absolute atomic E-state index is 0.172. The van der Waals surface area contributed by atoms with Gasteiger partial charge in [0.05, 0.1) is 0 Å². The fourth-order valence-corrected chi connectivity index (χ4v) is 3.25. The monoisotopic (exact) mass is 379 g/mol. The van der Waals surface area contributed by atoms with Gasteiger partial charge in [0, 0.05) is 48.2 Å². The molecule has 1 atom stereocenters. The lowest BCUT2D eigenvalue weighted by Gasteiger charge is -2.20. The molecular formula is C23H26FN3O. The third kappa shape index (κ3) is 4.26. The van der Waals surface area contributed by atoms with Gasteiger partial charge in [-0.15, -0.1) is 0 Å². The first-order chi connectivity index (χ1) is 13.4. The van der Waals surface area contributed by atoms with Gasteiger partial charge in [-0.2, -0.15) is 0 Å². The van der Waals surface area contributed by atoms with Crippen molar-refractivity contribution in [3.05, 3.63) is 102 Å². The summed E-state index contributed by atoms with van der Waals surface area (Å²) in [7, 11) is 1.65. The van der Waals surface area contributed by atoms with Crippen LogP contribution in [0.1, 0.15) is 22.5 Å². The maximum Gasteiger partial charge on any atom is 0.148 e. The Morgan fingerprint density at radius 2 is 1.96 bits per heavy atom. The van der Waals surface area contributed by atoms with Crippen LogP contribution < -0.4 is 10.6 Å². The molecule has 5 heteroatoms. The third-order valence-corrected chi connectivity index (χ3v) is 4.92. The Hall–Kier alpha value is -3.05. The Labute approximate surface area is 165 Å². The van der Waals surface area contributed by atoms with Gasteiger partial charge in [-0.25, -0.2) is 4.39 Å². The number of hydrogen-bond acceptors (Lipinski definition) is 3. The standard InChI is InChI=1S/C23H26FN3O/c1-15-12-22(18(4)27(15)14-19-6-8-20(24)9-7-19)16(2)17(3)26-21-10-11-25-23(13-21)28-5/h6-13,23,25-26H,2-3,14H2,1,4-5H3. The fraction of sp³-hybridized carbons (Fsp3) is 0.217. The van der Waals surface area contributed by atoms with Crippen molar-refractivity contribution in [3.8, 4) is 0 Å². The second kappa shape index (κ2) is 8.31. The van der Waals surface area contributed by atoms with Crippen molar-refractivity contribution in [2.75, 3.05) is 7.11 Å². The molecule has 0 bridgehead atoms. The van der Waals surface area contributed by atoms with E-state index in [-0.39, 0.29) is 12.0 Å². The van der Waals surface area contributed by atoms with Gasteiger partial charge in [0.1, 0.15) is 12.0 Å². The SMILES string of the molecule is C=C(NC1=CC(OC)NC=C1)C(=C)c1cc(C)n(Cc2ccc(F)cc2)c1C. The summed E-state index contributed by atoms with van der Waals surface area (Å²) in [6.07, 6.45) is 5.53. The van der Waals surface area contributed by atoms with Crippen LogP contribution in [0.2, 0.25) is 0 Å². The largest absolute Gasteiger partial charge is 0.363 e. The Bertz CT molecular complexity index is 951. The van der Waals surface area contributed by atoms with Crippen molar-refractivity contribution in [3.63, 3.8) is 0 Å².